The average molecular weight is 285 g/mol. The molecule has 3 nitrogen and oxygen atoms in total. The maximum absolute atomic E-state index is 11.6. The molecular formula is C15H25ClN2O. The topological polar surface area (TPSA) is 55.1 Å². The third-order valence-electron chi connectivity index (χ3n) is 3.04. The van der Waals surface area contributed by atoms with Crippen LogP contribution in [0.3, 0.4) is 0 Å². The molecule has 1 unspecified atom stereocenters. The van der Waals surface area contributed by atoms with Crippen LogP contribution in [0.1, 0.15) is 30.9 Å². The van der Waals surface area contributed by atoms with E-state index >= 15 is 0 Å². The second-order valence-electron chi connectivity index (χ2n) is 4.98. The van der Waals surface area contributed by atoms with Crippen LogP contribution in [0.5, 0.6) is 0 Å². The molecular weight excluding hydrogens is 260 g/mol. The molecule has 1 amide bonds. The molecule has 0 aromatic heterocycles. The third-order valence-corrected chi connectivity index (χ3v) is 3.04. The number of aryl methyl sites for hydroxylation is 2. The Morgan fingerprint density at radius 1 is 1.32 bits per heavy atom. The summed E-state index contributed by atoms with van der Waals surface area (Å²) in [6.45, 7) is 5.41. The SMILES string of the molecule is Cc1ccc(CCCC(=O)NCC(C)CN)cc1.Cl. The zero-order chi connectivity index (χ0) is 13.4. The van der Waals surface area contributed by atoms with E-state index in [0.29, 0.717) is 25.4 Å². The fraction of sp³-hybridized carbons (Fsp3) is 0.533. The molecule has 0 saturated carbocycles. The van der Waals surface area contributed by atoms with Gasteiger partial charge in [-0.15, -0.1) is 12.4 Å². The Labute approximate surface area is 122 Å². The zero-order valence-electron chi connectivity index (χ0n) is 11.8. The molecule has 0 bridgehead atoms. The summed E-state index contributed by atoms with van der Waals surface area (Å²) in [7, 11) is 0. The summed E-state index contributed by atoms with van der Waals surface area (Å²) in [5, 5.41) is 2.91. The summed E-state index contributed by atoms with van der Waals surface area (Å²) in [5.41, 5.74) is 8.06. The summed E-state index contributed by atoms with van der Waals surface area (Å²) in [4.78, 5) is 11.6. The predicted molar refractivity (Wildman–Crippen MR) is 82.6 cm³/mol. The molecule has 0 saturated heterocycles. The first-order valence-electron chi connectivity index (χ1n) is 6.64. The molecule has 3 N–H and O–H groups in total. The van der Waals surface area contributed by atoms with Gasteiger partial charge in [-0.3, -0.25) is 4.79 Å². The van der Waals surface area contributed by atoms with Crippen molar-refractivity contribution in [2.45, 2.75) is 33.1 Å². The van der Waals surface area contributed by atoms with Crippen LogP contribution in [0, 0.1) is 12.8 Å². The third kappa shape index (κ3) is 7.85. The van der Waals surface area contributed by atoms with Gasteiger partial charge in [-0.1, -0.05) is 36.8 Å². The van der Waals surface area contributed by atoms with Crippen molar-refractivity contribution in [2.75, 3.05) is 13.1 Å². The van der Waals surface area contributed by atoms with Gasteiger partial charge in [0.15, 0.2) is 0 Å². The lowest BCUT2D eigenvalue weighted by molar-refractivity contribution is -0.121. The fourth-order valence-corrected chi connectivity index (χ4v) is 1.67. The van der Waals surface area contributed by atoms with Gasteiger partial charge in [0.25, 0.3) is 0 Å². The zero-order valence-corrected chi connectivity index (χ0v) is 12.6. The van der Waals surface area contributed by atoms with Gasteiger partial charge in [0.1, 0.15) is 0 Å². The number of carbonyl (C=O) groups excluding carboxylic acids is 1. The summed E-state index contributed by atoms with van der Waals surface area (Å²) >= 11 is 0. The van der Waals surface area contributed by atoms with E-state index < -0.39 is 0 Å². The standard InChI is InChI=1S/C15H24N2O.ClH/c1-12-6-8-14(9-7-12)4-3-5-15(18)17-11-13(2)10-16;/h6-9,13H,3-5,10-11,16H2,1-2H3,(H,17,18);1H. The molecule has 1 rings (SSSR count). The Bertz CT molecular complexity index is 365. The van der Waals surface area contributed by atoms with Crippen molar-refractivity contribution in [3.63, 3.8) is 0 Å². The molecule has 0 aliphatic heterocycles. The van der Waals surface area contributed by atoms with Crippen LogP contribution in [0.15, 0.2) is 24.3 Å². The van der Waals surface area contributed by atoms with E-state index in [-0.39, 0.29) is 18.3 Å². The smallest absolute Gasteiger partial charge is 0.220 e. The maximum atomic E-state index is 11.6. The summed E-state index contributed by atoms with van der Waals surface area (Å²) < 4.78 is 0. The van der Waals surface area contributed by atoms with Crippen molar-refractivity contribution >= 4 is 18.3 Å². The van der Waals surface area contributed by atoms with Crippen molar-refractivity contribution in [3.05, 3.63) is 35.4 Å². The largest absolute Gasteiger partial charge is 0.356 e. The molecule has 0 aliphatic rings. The van der Waals surface area contributed by atoms with E-state index in [9.17, 15) is 4.79 Å². The minimum atomic E-state index is 0. The highest BCUT2D eigenvalue weighted by atomic mass is 35.5. The highest BCUT2D eigenvalue weighted by molar-refractivity contribution is 5.85. The number of nitrogens with one attached hydrogen (secondary N) is 1. The second-order valence-corrected chi connectivity index (χ2v) is 4.98. The Hall–Kier alpha value is -1.06. The van der Waals surface area contributed by atoms with Gasteiger partial charge in [0, 0.05) is 13.0 Å². The molecule has 1 atom stereocenters. The lowest BCUT2D eigenvalue weighted by atomic mass is 10.1. The van der Waals surface area contributed by atoms with Gasteiger partial charge in [-0.25, -0.2) is 0 Å². The highest BCUT2D eigenvalue weighted by Crippen LogP contribution is 2.07. The van der Waals surface area contributed by atoms with E-state index in [1.165, 1.54) is 11.1 Å². The highest BCUT2D eigenvalue weighted by Gasteiger charge is 2.04. The van der Waals surface area contributed by atoms with E-state index in [1.807, 2.05) is 6.92 Å². The molecule has 0 heterocycles. The number of amides is 1. The van der Waals surface area contributed by atoms with Gasteiger partial charge in [-0.05, 0) is 37.8 Å². The fourth-order valence-electron chi connectivity index (χ4n) is 1.67. The van der Waals surface area contributed by atoms with E-state index in [0.717, 1.165) is 12.8 Å². The van der Waals surface area contributed by atoms with Crippen molar-refractivity contribution < 1.29 is 4.79 Å². The number of carbonyl (C=O) groups is 1. The number of benzene rings is 1. The van der Waals surface area contributed by atoms with Gasteiger partial charge in [0.05, 0.1) is 0 Å². The Kier molecular flexibility index (Phi) is 9.27. The van der Waals surface area contributed by atoms with Crippen LogP contribution in [-0.2, 0) is 11.2 Å². The Morgan fingerprint density at radius 3 is 2.53 bits per heavy atom. The van der Waals surface area contributed by atoms with Gasteiger partial charge < -0.3 is 11.1 Å². The van der Waals surface area contributed by atoms with Gasteiger partial charge >= 0.3 is 0 Å². The molecule has 1 aromatic carbocycles. The molecule has 108 valence electrons. The lowest BCUT2D eigenvalue weighted by Crippen LogP contribution is -2.31. The van der Waals surface area contributed by atoms with Gasteiger partial charge in [0.2, 0.25) is 5.91 Å². The van der Waals surface area contributed by atoms with E-state index in [1.54, 1.807) is 0 Å². The molecule has 0 spiro atoms. The monoisotopic (exact) mass is 284 g/mol. The van der Waals surface area contributed by atoms with Crippen LogP contribution >= 0.6 is 12.4 Å². The van der Waals surface area contributed by atoms with Crippen molar-refractivity contribution in [3.8, 4) is 0 Å². The minimum Gasteiger partial charge on any atom is -0.356 e. The number of halogens is 1. The van der Waals surface area contributed by atoms with Crippen LogP contribution in [0.25, 0.3) is 0 Å². The van der Waals surface area contributed by atoms with Crippen LogP contribution in [0.4, 0.5) is 0 Å². The van der Waals surface area contributed by atoms with Crippen LogP contribution in [0.2, 0.25) is 0 Å². The molecule has 0 aliphatic carbocycles. The minimum absolute atomic E-state index is 0. The van der Waals surface area contributed by atoms with Crippen molar-refractivity contribution in [1.29, 1.82) is 0 Å². The molecule has 0 radical (unpaired) electrons. The first-order chi connectivity index (χ1) is 8.61. The molecule has 1 aromatic rings. The second kappa shape index (κ2) is 9.82. The summed E-state index contributed by atoms with van der Waals surface area (Å²) in [6, 6.07) is 8.48. The number of hydrogen-bond donors (Lipinski definition) is 2. The first kappa shape index (κ1) is 17.9. The van der Waals surface area contributed by atoms with Crippen LogP contribution in [-0.4, -0.2) is 19.0 Å². The Morgan fingerprint density at radius 2 is 1.95 bits per heavy atom. The first-order valence-corrected chi connectivity index (χ1v) is 6.64. The molecule has 19 heavy (non-hydrogen) atoms. The molecule has 0 fully saturated rings. The number of rotatable bonds is 7. The maximum Gasteiger partial charge on any atom is 0.220 e. The average Bonchev–Trinajstić information content (AvgIpc) is 2.38. The molecule has 4 heteroatoms. The number of nitrogens with two attached hydrogens (primary N) is 1. The van der Waals surface area contributed by atoms with Crippen molar-refractivity contribution in [2.24, 2.45) is 11.7 Å². The number of hydrogen-bond acceptors (Lipinski definition) is 2. The summed E-state index contributed by atoms with van der Waals surface area (Å²) in [5.74, 6) is 0.480. The Balaban J connectivity index is 0.00000324. The predicted octanol–water partition coefficient (Wildman–Crippen LogP) is 2.45. The van der Waals surface area contributed by atoms with E-state index in [4.69, 9.17) is 5.73 Å². The van der Waals surface area contributed by atoms with Crippen LogP contribution < -0.4 is 11.1 Å². The summed E-state index contributed by atoms with van der Waals surface area (Å²) in [6.07, 6.45) is 2.44. The normalized spacial score (nSPS) is 11.5. The lowest BCUT2D eigenvalue weighted by Gasteiger charge is -2.09. The van der Waals surface area contributed by atoms with E-state index in [2.05, 4.69) is 36.5 Å². The quantitative estimate of drug-likeness (QED) is 0.808. The van der Waals surface area contributed by atoms with Crippen molar-refractivity contribution in [1.82, 2.24) is 5.32 Å². The van der Waals surface area contributed by atoms with Gasteiger partial charge in [-0.2, -0.15) is 0 Å².